The maximum absolute atomic E-state index is 13.0. The number of aromatic nitrogens is 3. The van der Waals surface area contributed by atoms with Gasteiger partial charge in [0.1, 0.15) is 0 Å². The molecule has 1 aliphatic carbocycles. The van der Waals surface area contributed by atoms with Crippen LogP contribution in [-0.4, -0.2) is 58.5 Å². The van der Waals surface area contributed by atoms with Crippen molar-refractivity contribution in [1.29, 1.82) is 0 Å². The SMILES string of the molecule is CC(C)(CNC(=O)C(=O)Nc1ccc(C=Cc2ccccc2)cc1)CNC(=O)c1ccc(Nc2nc(NC3(c4ccc(Cl)cc4)CC3)nc(OCC(F)(F)F)n2)cc1. The van der Waals surface area contributed by atoms with Gasteiger partial charge in [-0.25, -0.2) is 0 Å². The van der Waals surface area contributed by atoms with Crippen LogP contribution in [0.15, 0.2) is 103 Å². The molecule has 6 rings (SSSR count). The fourth-order valence-corrected chi connectivity index (χ4v) is 5.74. The number of rotatable bonds is 15. The van der Waals surface area contributed by atoms with E-state index < -0.39 is 47.5 Å². The number of benzene rings is 4. The Labute approximate surface area is 337 Å². The van der Waals surface area contributed by atoms with Crippen LogP contribution in [0.2, 0.25) is 5.02 Å². The standard InChI is InChI=1S/C42H40ClF3N8O4/c1-40(2,25-48-35(56)36(57)49-32-18-10-28(11-19-32)9-8-27-6-4-3-5-7-27)24-47-34(55)29-12-20-33(21-13-29)50-37-51-38(53-39(52-37)58-26-42(44,45)46)54-41(22-23-41)30-14-16-31(43)17-15-30/h3-21H,22-26H2,1-2H3,(H,47,55)(H,48,56)(H,49,57)(H2,50,51,52,53,54). The Kier molecular flexibility index (Phi) is 12.6. The molecule has 300 valence electrons. The van der Waals surface area contributed by atoms with Crippen molar-refractivity contribution in [3.05, 3.63) is 130 Å². The van der Waals surface area contributed by atoms with Crippen LogP contribution in [0.5, 0.6) is 6.01 Å². The predicted molar refractivity (Wildman–Crippen MR) is 217 cm³/mol. The van der Waals surface area contributed by atoms with Crippen molar-refractivity contribution in [3.63, 3.8) is 0 Å². The Bertz CT molecular complexity index is 2250. The molecule has 0 unspecified atom stereocenters. The minimum atomic E-state index is -4.61. The molecule has 1 saturated carbocycles. The molecule has 0 atom stereocenters. The lowest BCUT2D eigenvalue weighted by Gasteiger charge is -2.25. The van der Waals surface area contributed by atoms with Crippen LogP contribution in [0, 0.1) is 5.41 Å². The molecule has 0 saturated heterocycles. The summed E-state index contributed by atoms with van der Waals surface area (Å²) in [6, 6.07) is 29.8. The molecule has 5 aromatic rings. The highest BCUT2D eigenvalue weighted by Crippen LogP contribution is 2.48. The van der Waals surface area contributed by atoms with Crippen LogP contribution in [0.25, 0.3) is 12.2 Å². The third kappa shape index (κ3) is 12.0. The Morgan fingerprint density at radius 3 is 1.98 bits per heavy atom. The summed E-state index contributed by atoms with van der Waals surface area (Å²) in [4.78, 5) is 50.6. The summed E-state index contributed by atoms with van der Waals surface area (Å²) in [7, 11) is 0. The van der Waals surface area contributed by atoms with Gasteiger partial charge in [0, 0.05) is 35.1 Å². The van der Waals surface area contributed by atoms with E-state index in [2.05, 4.69) is 41.5 Å². The second kappa shape index (κ2) is 17.8. The van der Waals surface area contributed by atoms with E-state index in [0.29, 0.717) is 22.0 Å². The molecule has 16 heteroatoms. The normalized spacial score (nSPS) is 13.3. The Morgan fingerprint density at radius 1 is 0.741 bits per heavy atom. The van der Waals surface area contributed by atoms with Gasteiger partial charge in [0.2, 0.25) is 11.9 Å². The zero-order valence-corrected chi connectivity index (χ0v) is 32.2. The lowest BCUT2D eigenvalue weighted by Crippen LogP contribution is -2.44. The molecule has 12 nitrogen and oxygen atoms in total. The van der Waals surface area contributed by atoms with Gasteiger partial charge in [-0.3, -0.25) is 14.4 Å². The van der Waals surface area contributed by atoms with Crippen molar-refractivity contribution in [2.45, 2.75) is 38.4 Å². The summed E-state index contributed by atoms with van der Waals surface area (Å²) in [6.45, 7) is 2.33. The maximum atomic E-state index is 13.0. The van der Waals surface area contributed by atoms with Gasteiger partial charge in [-0.1, -0.05) is 92.2 Å². The number of alkyl halides is 3. The summed E-state index contributed by atoms with van der Waals surface area (Å²) in [6.07, 6.45) is 0.782. The van der Waals surface area contributed by atoms with E-state index in [1.54, 1.807) is 48.5 Å². The van der Waals surface area contributed by atoms with Gasteiger partial charge in [0.25, 0.3) is 5.91 Å². The number of halogens is 4. The number of hydrogen-bond acceptors (Lipinski definition) is 9. The van der Waals surface area contributed by atoms with E-state index in [9.17, 15) is 27.6 Å². The van der Waals surface area contributed by atoms with Gasteiger partial charge in [-0.15, -0.1) is 0 Å². The summed E-state index contributed by atoms with van der Waals surface area (Å²) < 4.78 is 43.8. The smallest absolute Gasteiger partial charge is 0.422 e. The molecule has 1 aromatic heterocycles. The minimum Gasteiger partial charge on any atom is -0.454 e. The van der Waals surface area contributed by atoms with Gasteiger partial charge >= 0.3 is 24.0 Å². The Balaban J connectivity index is 0.992. The lowest BCUT2D eigenvalue weighted by molar-refractivity contribution is -0.154. The average molecular weight is 813 g/mol. The van der Waals surface area contributed by atoms with Crippen molar-refractivity contribution >= 4 is 64.7 Å². The highest BCUT2D eigenvalue weighted by atomic mass is 35.5. The molecule has 58 heavy (non-hydrogen) atoms. The fourth-order valence-electron chi connectivity index (χ4n) is 5.61. The van der Waals surface area contributed by atoms with Crippen LogP contribution >= 0.6 is 11.6 Å². The highest BCUT2D eigenvalue weighted by molar-refractivity contribution is 6.39. The van der Waals surface area contributed by atoms with Crippen molar-refractivity contribution < 1.29 is 32.3 Å². The molecular weight excluding hydrogens is 773 g/mol. The number of carbonyl (C=O) groups is 3. The van der Waals surface area contributed by atoms with Crippen LogP contribution in [0.3, 0.4) is 0 Å². The van der Waals surface area contributed by atoms with Crippen molar-refractivity contribution in [2.24, 2.45) is 5.41 Å². The van der Waals surface area contributed by atoms with Crippen LogP contribution in [0.4, 0.5) is 36.4 Å². The van der Waals surface area contributed by atoms with Crippen molar-refractivity contribution in [2.75, 3.05) is 35.6 Å². The van der Waals surface area contributed by atoms with E-state index in [1.807, 2.05) is 80.6 Å². The fraction of sp³-hybridized carbons (Fsp3) is 0.238. The lowest BCUT2D eigenvalue weighted by atomic mass is 9.93. The summed E-state index contributed by atoms with van der Waals surface area (Å²) >= 11 is 6.04. The molecule has 0 radical (unpaired) electrons. The number of carbonyl (C=O) groups excluding carboxylic acids is 3. The molecule has 1 aliphatic rings. The molecule has 1 heterocycles. The molecule has 0 bridgehead atoms. The topological polar surface area (TPSA) is 159 Å². The van der Waals surface area contributed by atoms with E-state index in [-0.39, 0.29) is 25.0 Å². The minimum absolute atomic E-state index is 0.00966. The second-order valence-electron chi connectivity index (χ2n) is 14.4. The molecule has 1 fully saturated rings. The number of anilines is 4. The highest BCUT2D eigenvalue weighted by Gasteiger charge is 2.45. The second-order valence-corrected chi connectivity index (χ2v) is 14.9. The summed E-state index contributed by atoms with van der Waals surface area (Å²) in [5.41, 5.74) is 2.98. The quantitative estimate of drug-likeness (QED) is 0.0522. The third-order valence-corrected chi connectivity index (χ3v) is 9.23. The van der Waals surface area contributed by atoms with Gasteiger partial charge in [-0.2, -0.15) is 28.1 Å². The Morgan fingerprint density at radius 2 is 1.34 bits per heavy atom. The van der Waals surface area contributed by atoms with Gasteiger partial charge in [0.15, 0.2) is 6.61 Å². The zero-order valence-electron chi connectivity index (χ0n) is 31.5. The van der Waals surface area contributed by atoms with E-state index >= 15 is 0 Å². The van der Waals surface area contributed by atoms with E-state index in [1.165, 1.54) is 0 Å². The number of nitrogens with zero attached hydrogens (tertiary/aromatic N) is 3. The number of nitrogens with one attached hydrogen (secondary N) is 5. The molecule has 3 amide bonds. The molecular formula is C42H40ClF3N8O4. The van der Waals surface area contributed by atoms with Gasteiger partial charge in [-0.05, 0) is 83.5 Å². The van der Waals surface area contributed by atoms with Gasteiger partial charge < -0.3 is 31.3 Å². The largest absolute Gasteiger partial charge is 0.454 e. The third-order valence-electron chi connectivity index (χ3n) is 8.98. The van der Waals surface area contributed by atoms with Gasteiger partial charge in [0.05, 0.1) is 5.54 Å². The average Bonchev–Trinajstić information content (AvgIpc) is 3.98. The van der Waals surface area contributed by atoms with Crippen LogP contribution in [0.1, 0.15) is 53.7 Å². The first-order chi connectivity index (χ1) is 27.6. The Hall–Kier alpha value is -6.48. The molecule has 5 N–H and O–H groups in total. The van der Waals surface area contributed by atoms with Crippen molar-refractivity contribution in [3.8, 4) is 6.01 Å². The van der Waals surface area contributed by atoms with E-state index in [0.717, 1.165) is 29.5 Å². The zero-order chi connectivity index (χ0) is 41.3. The first-order valence-corrected chi connectivity index (χ1v) is 18.6. The number of ether oxygens (including phenoxy) is 1. The van der Waals surface area contributed by atoms with Crippen LogP contribution < -0.4 is 31.3 Å². The first kappa shape index (κ1) is 41.2. The maximum Gasteiger partial charge on any atom is 0.422 e. The number of amides is 3. The first-order valence-electron chi connectivity index (χ1n) is 18.2. The van der Waals surface area contributed by atoms with Crippen molar-refractivity contribution in [1.82, 2.24) is 25.6 Å². The predicted octanol–water partition coefficient (Wildman–Crippen LogP) is 7.99. The monoisotopic (exact) mass is 812 g/mol. The summed E-state index contributed by atoms with van der Waals surface area (Å²) in [5.74, 6) is -2.10. The summed E-state index contributed by atoms with van der Waals surface area (Å²) in [5, 5.41) is 14.8. The van der Waals surface area contributed by atoms with E-state index in [4.69, 9.17) is 16.3 Å². The molecule has 4 aromatic carbocycles. The molecule has 0 aliphatic heterocycles. The number of hydrogen-bond donors (Lipinski definition) is 5. The van der Waals surface area contributed by atoms with Crippen LogP contribution in [-0.2, 0) is 15.1 Å². The molecule has 0 spiro atoms.